The van der Waals surface area contributed by atoms with Gasteiger partial charge in [0, 0.05) is 35.2 Å². The predicted molar refractivity (Wildman–Crippen MR) is 132 cm³/mol. The molecule has 10 nitrogen and oxygen atoms in total. The molecular weight excluding hydrogens is 523 g/mol. The van der Waals surface area contributed by atoms with Crippen LogP contribution in [0.2, 0.25) is 0 Å². The van der Waals surface area contributed by atoms with Gasteiger partial charge in [-0.05, 0) is 31.5 Å². The van der Waals surface area contributed by atoms with Gasteiger partial charge in [0.1, 0.15) is 24.2 Å². The number of alkyl halides is 3. The van der Waals surface area contributed by atoms with Crippen LogP contribution in [0.3, 0.4) is 0 Å². The second kappa shape index (κ2) is 9.83. The minimum absolute atomic E-state index is 0.0672. The number of nitrogens with zero attached hydrogens (tertiary/aromatic N) is 6. The van der Waals surface area contributed by atoms with E-state index in [0.29, 0.717) is 29.5 Å². The van der Waals surface area contributed by atoms with Crippen LogP contribution in [-0.2, 0) is 23.3 Å². The molecule has 0 fully saturated rings. The predicted octanol–water partition coefficient (Wildman–Crippen LogP) is 3.27. The lowest BCUT2D eigenvalue weighted by Gasteiger charge is -2.24. The number of carbonyl (C=O) groups is 1. The third-order valence-electron chi connectivity index (χ3n) is 6.10. The molecule has 200 valence electrons. The Labute approximate surface area is 219 Å². The number of aliphatic hydroxyl groups excluding tert-OH is 1. The van der Waals surface area contributed by atoms with Crippen molar-refractivity contribution in [2.75, 3.05) is 19.8 Å². The summed E-state index contributed by atoms with van der Waals surface area (Å²) in [6.07, 6.45) is 0.615. The molecule has 0 spiro atoms. The van der Waals surface area contributed by atoms with E-state index in [-0.39, 0.29) is 24.9 Å². The maximum atomic E-state index is 13.0. The number of hydrogen-bond acceptors (Lipinski definition) is 8. The van der Waals surface area contributed by atoms with Crippen LogP contribution in [0.4, 0.5) is 13.2 Å². The summed E-state index contributed by atoms with van der Waals surface area (Å²) in [5.74, 6) is 0.379. The molecule has 0 unspecified atom stereocenters. The van der Waals surface area contributed by atoms with Crippen molar-refractivity contribution < 1.29 is 27.8 Å². The lowest BCUT2D eigenvalue weighted by atomic mass is 10.0. The van der Waals surface area contributed by atoms with Gasteiger partial charge in [-0.3, -0.25) is 9.48 Å². The maximum absolute atomic E-state index is 13.0. The zero-order valence-electron chi connectivity index (χ0n) is 20.5. The van der Waals surface area contributed by atoms with E-state index >= 15 is 0 Å². The largest absolute Gasteiger partial charge is 0.492 e. The summed E-state index contributed by atoms with van der Waals surface area (Å²) >= 11 is 1.28. The number of thiazole rings is 1. The number of rotatable bonds is 7. The summed E-state index contributed by atoms with van der Waals surface area (Å²) in [7, 11) is 0. The summed E-state index contributed by atoms with van der Waals surface area (Å²) in [5.41, 5.74) is 1.96. The van der Waals surface area contributed by atoms with Crippen LogP contribution in [0.15, 0.2) is 36.9 Å². The zero-order chi connectivity index (χ0) is 27.1. The molecule has 14 heteroatoms. The number of aromatic nitrogens is 6. The molecule has 0 saturated heterocycles. The SMILES string of the molecule is CC(C)(C(=O)NCCO)n1cc(-c2ccc3c(c2)OCCc2sc(-c4ncnn4CC(F)(F)F)nc2-3)cn1. The van der Waals surface area contributed by atoms with Gasteiger partial charge in [0.05, 0.1) is 25.1 Å². The Morgan fingerprint density at radius 2 is 2.05 bits per heavy atom. The van der Waals surface area contributed by atoms with Crippen molar-refractivity contribution in [1.82, 2.24) is 34.8 Å². The van der Waals surface area contributed by atoms with Crippen LogP contribution in [-0.4, -0.2) is 66.5 Å². The average molecular weight is 548 g/mol. The molecule has 1 aromatic carbocycles. The molecular formula is C24H24F3N7O3S. The third-order valence-corrected chi connectivity index (χ3v) is 7.21. The Morgan fingerprint density at radius 3 is 2.82 bits per heavy atom. The van der Waals surface area contributed by atoms with E-state index in [9.17, 15) is 18.0 Å². The molecule has 4 heterocycles. The molecule has 0 saturated carbocycles. The monoisotopic (exact) mass is 547 g/mol. The van der Waals surface area contributed by atoms with Crippen molar-refractivity contribution >= 4 is 17.2 Å². The molecule has 3 aromatic heterocycles. The molecule has 1 aliphatic rings. The fourth-order valence-electron chi connectivity index (χ4n) is 4.08. The second-order valence-electron chi connectivity index (χ2n) is 9.17. The first kappa shape index (κ1) is 25.9. The zero-order valence-corrected chi connectivity index (χ0v) is 21.3. The van der Waals surface area contributed by atoms with Gasteiger partial charge in [0.15, 0.2) is 10.8 Å². The highest BCUT2D eigenvalue weighted by molar-refractivity contribution is 7.15. The summed E-state index contributed by atoms with van der Waals surface area (Å²) < 4.78 is 47.3. The van der Waals surface area contributed by atoms with Gasteiger partial charge in [0.2, 0.25) is 5.91 Å². The number of hydrogen-bond donors (Lipinski definition) is 2. The number of halogens is 3. The highest BCUT2D eigenvalue weighted by Gasteiger charge is 2.32. The lowest BCUT2D eigenvalue weighted by Crippen LogP contribution is -2.45. The fraction of sp³-hybridized carbons (Fsp3) is 0.375. The van der Waals surface area contributed by atoms with Crippen molar-refractivity contribution in [3.63, 3.8) is 0 Å². The first-order valence-corrected chi connectivity index (χ1v) is 12.5. The van der Waals surface area contributed by atoms with Gasteiger partial charge in [-0.25, -0.2) is 14.6 Å². The number of fused-ring (bicyclic) bond motifs is 3. The maximum Gasteiger partial charge on any atom is 0.408 e. The van der Waals surface area contributed by atoms with Crippen LogP contribution in [0.25, 0.3) is 33.2 Å². The molecule has 38 heavy (non-hydrogen) atoms. The van der Waals surface area contributed by atoms with Crippen LogP contribution < -0.4 is 10.1 Å². The molecule has 0 radical (unpaired) electrons. The first-order valence-electron chi connectivity index (χ1n) is 11.7. The van der Waals surface area contributed by atoms with Crippen molar-refractivity contribution in [3.8, 4) is 39.0 Å². The Hall–Kier alpha value is -3.78. The van der Waals surface area contributed by atoms with Gasteiger partial charge < -0.3 is 15.2 Å². The van der Waals surface area contributed by atoms with E-state index < -0.39 is 18.3 Å². The Morgan fingerprint density at radius 1 is 1.24 bits per heavy atom. The van der Waals surface area contributed by atoms with Crippen molar-refractivity contribution in [2.45, 2.75) is 38.5 Å². The molecule has 1 amide bonds. The van der Waals surface area contributed by atoms with E-state index in [2.05, 4.69) is 25.5 Å². The van der Waals surface area contributed by atoms with E-state index in [1.165, 1.54) is 11.3 Å². The lowest BCUT2D eigenvalue weighted by molar-refractivity contribution is -0.142. The summed E-state index contributed by atoms with van der Waals surface area (Å²) in [4.78, 5) is 22.1. The van der Waals surface area contributed by atoms with Crippen LogP contribution in [0, 0.1) is 0 Å². The standard InChI is InChI=1S/C24H24F3N7O3S/c1-23(2,22(36)28-6-7-35)34-11-15(10-30-34)14-3-4-16-17(9-14)37-8-5-18-19(16)32-21(38-18)20-29-13-31-33(20)12-24(25,26)27/h3-4,9-11,13,35H,5-8,12H2,1-2H3,(H,28,36). The van der Waals surface area contributed by atoms with E-state index in [1.807, 2.05) is 18.2 Å². The van der Waals surface area contributed by atoms with Crippen molar-refractivity contribution in [1.29, 1.82) is 0 Å². The van der Waals surface area contributed by atoms with Gasteiger partial charge in [0.25, 0.3) is 0 Å². The van der Waals surface area contributed by atoms with Gasteiger partial charge in [-0.15, -0.1) is 11.3 Å². The number of amides is 1. The van der Waals surface area contributed by atoms with Crippen LogP contribution >= 0.6 is 11.3 Å². The summed E-state index contributed by atoms with van der Waals surface area (Å²) in [6, 6.07) is 5.59. The molecule has 5 rings (SSSR count). The van der Waals surface area contributed by atoms with E-state index in [0.717, 1.165) is 32.6 Å². The fourth-order valence-corrected chi connectivity index (χ4v) is 5.14. The van der Waals surface area contributed by atoms with Crippen LogP contribution in [0.5, 0.6) is 5.75 Å². The van der Waals surface area contributed by atoms with Gasteiger partial charge >= 0.3 is 6.18 Å². The van der Waals surface area contributed by atoms with Gasteiger partial charge in [-0.1, -0.05) is 6.07 Å². The first-order chi connectivity index (χ1) is 18.1. The number of carbonyl (C=O) groups excluding carboxylic acids is 1. The van der Waals surface area contributed by atoms with Crippen molar-refractivity contribution in [3.05, 3.63) is 41.8 Å². The minimum Gasteiger partial charge on any atom is -0.492 e. The number of aliphatic hydroxyl groups is 1. The topological polar surface area (TPSA) is 120 Å². The number of benzene rings is 1. The Kier molecular flexibility index (Phi) is 6.69. The second-order valence-corrected chi connectivity index (χ2v) is 10.3. The molecule has 4 aromatic rings. The molecule has 2 N–H and O–H groups in total. The molecule has 0 atom stereocenters. The van der Waals surface area contributed by atoms with Gasteiger partial charge in [-0.2, -0.15) is 23.4 Å². The Balaban J connectivity index is 1.44. The number of nitrogens with one attached hydrogen (secondary N) is 1. The van der Waals surface area contributed by atoms with Crippen LogP contribution in [0.1, 0.15) is 18.7 Å². The van der Waals surface area contributed by atoms with E-state index in [1.54, 1.807) is 30.9 Å². The number of ether oxygens (including phenoxy) is 1. The smallest absolute Gasteiger partial charge is 0.408 e. The highest BCUT2D eigenvalue weighted by atomic mass is 32.1. The molecule has 0 bridgehead atoms. The normalized spacial score (nSPS) is 13.4. The quantitative estimate of drug-likeness (QED) is 0.364. The molecule has 1 aliphatic heterocycles. The highest BCUT2D eigenvalue weighted by Crippen LogP contribution is 2.41. The minimum atomic E-state index is -4.43. The Bertz CT molecular complexity index is 1470. The van der Waals surface area contributed by atoms with Crippen molar-refractivity contribution in [2.24, 2.45) is 0 Å². The summed E-state index contributed by atoms with van der Waals surface area (Å²) in [6.45, 7) is 2.58. The third kappa shape index (κ3) is 5.00. The molecule has 0 aliphatic carbocycles. The summed E-state index contributed by atoms with van der Waals surface area (Å²) in [5, 5.41) is 20.1. The van der Waals surface area contributed by atoms with E-state index in [4.69, 9.17) is 9.84 Å². The average Bonchev–Trinajstić information content (AvgIpc) is 3.60.